The number of rotatable bonds is 8. The monoisotopic (exact) mass is 218 g/mol. The van der Waals surface area contributed by atoms with Crippen LogP contribution < -0.4 is 11.1 Å². The molecule has 0 fully saturated rings. The van der Waals surface area contributed by atoms with Gasteiger partial charge in [0.05, 0.1) is 5.54 Å². The fourth-order valence-corrected chi connectivity index (χ4v) is 2.26. The first-order valence-corrected chi connectivity index (χ1v) is 6.35. The first-order chi connectivity index (χ1) is 6.56. The molecule has 0 saturated heterocycles. The van der Waals surface area contributed by atoms with Crippen LogP contribution in [0.3, 0.4) is 0 Å². The van der Waals surface area contributed by atoms with Crippen LogP contribution in [0.1, 0.15) is 33.6 Å². The average Bonchev–Trinajstić information content (AvgIpc) is 2.13. The van der Waals surface area contributed by atoms with Gasteiger partial charge in [-0.2, -0.15) is 11.8 Å². The summed E-state index contributed by atoms with van der Waals surface area (Å²) in [6.45, 7) is 6.80. The molecule has 0 saturated carbocycles. The van der Waals surface area contributed by atoms with Crippen LogP contribution in [0.4, 0.5) is 0 Å². The molecule has 0 aliphatic rings. The predicted octanol–water partition coefficient (Wildman–Crippen LogP) is 1.37. The number of nitrogens with two attached hydrogens (primary N) is 1. The summed E-state index contributed by atoms with van der Waals surface area (Å²) in [5.41, 5.74) is 4.83. The third-order valence-electron chi connectivity index (χ3n) is 2.21. The van der Waals surface area contributed by atoms with E-state index >= 15 is 0 Å². The van der Waals surface area contributed by atoms with Crippen molar-refractivity contribution in [3.05, 3.63) is 0 Å². The van der Waals surface area contributed by atoms with E-state index in [0.29, 0.717) is 0 Å². The Morgan fingerprint density at radius 2 is 2.07 bits per heavy atom. The number of carbonyl (C=O) groups is 1. The molecule has 0 aliphatic carbocycles. The highest BCUT2D eigenvalue weighted by molar-refractivity contribution is 7.99. The van der Waals surface area contributed by atoms with E-state index in [-0.39, 0.29) is 5.91 Å². The number of hydrogen-bond acceptors (Lipinski definition) is 3. The van der Waals surface area contributed by atoms with Crippen molar-refractivity contribution in [3.63, 3.8) is 0 Å². The summed E-state index contributed by atoms with van der Waals surface area (Å²) in [6.07, 6.45) is 1.99. The SMILES string of the molecule is CCCSCCC(C)(NCC)C(N)=O. The fraction of sp³-hybridized carbons (Fsp3) is 0.900. The highest BCUT2D eigenvalue weighted by Gasteiger charge is 2.28. The topological polar surface area (TPSA) is 55.1 Å². The molecule has 0 aromatic heterocycles. The Kier molecular flexibility index (Phi) is 7.01. The Morgan fingerprint density at radius 1 is 1.43 bits per heavy atom. The fourth-order valence-electron chi connectivity index (χ4n) is 1.21. The number of hydrogen-bond donors (Lipinski definition) is 2. The number of carbonyl (C=O) groups excluding carboxylic acids is 1. The second-order valence-corrected chi connectivity index (χ2v) is 4.81. The van der Waals surface area contributed by atoms with Crippen molar-refractivity contribution in [2.24, 2.45) is 5.73 Å². The van der Waals surface area contributed by atoms with Crippen LogP contribution in [0.2, 0.25) is 0 Å². The minimum absolute atomic E-state index is 0.253. The van der Waals surface area contributed by atoms with Crippen molar-refractivity contribution in [1.82, 2.24) is 5.32 Å². The third kappa shape index (κ3) is 4.86. The standard InChI is InChI=1S/C10H22N2OS/c1-4-7-14-8-6-10(3,9(11)13)12-5-2/h12H,4-8H2,1-3H3,(H2,11,13). The Balaban J connectivity index is 3.90. The minimum atomic E-state index is -0.532. The van der Waals surface area contributed by atoms with Gasteiger partial charge in [-0.25, -0.2) is 0 Å². The maximum absolute atomic E-state index is 11.2. The van der Waals surface area contributed by atoms with E-state index in [0.717, 1.165) is 24.5 Å². The highest BCUT2D eigenvalue weighted by Crippen LogP contribution is 2.14. The van der Waals surface area contributed by atoms with E-state index in [1.807, 2.05) is 25.6 Å². The number of primary amides is 1. The molecular weight excluding hydrogens is 196 g/mol. The number of amides is 1. The molecule has 0 heterocycles. The second kappa shape index (κ2) is 7.12. The van der Waals surface area contributed by atoms with E-state index in [1.54, 1.807) is 0 Å². The summed E-state index contributed by atoms with van der Waals surface area (Å²) in [5.74, 6) is 1.89. The summed E-state index contributed by atoms with van der Waals surface area (Å²) < 4.78 is 0. The zero-order chi connectivity index (χ0) is 11.0. The van der Waals surface area contributed by atoms with Crippen LogP contribution in [0.25, 0.3) is 0 Å². The van der Waals surface area contributed by atoms with Gasteiger partial charge in [-0.15, -0.1) is 0 Å². The molecule has 1 unspecified atom stereocenters. The first kappa shape index (κ1) is 13.8. The first-order valence-electron chi connectivity index (χ1n) is 5.19. The van der Waals surface area contributed by atoms with E-state index in [4.69, 9.17) is 5.73 Å². The lowest BCUT2D eigenvalue weighted by Crippen LogP contribution is -2.53. The van der Waals surface area contributed by atoms with Crippen molar-refractivity contribution in [2.75, 3.05) is 18.1 Å². The Bertz CT molecular complexity index is 176. The number of nitrogens with one attached hydrogen (secondary N) is 1. The van der Waals surface area contributed by atoms with Gasteiger partial charge in [0.2, 0.25) is 5.91 Å². The maximum atomic E-state index is 11.2. The van der Waals surface area contributed by atoms with Crippen molar-refractivity contribution < 1.29 is 4.79 Å². The summed E-state index contributed by atoms with van der Waals surface area (Å²) in [6, 6.07) is 0. The maximum Gasteiger partial charge on any atom is 0.237 e. The highest BCUT2D eigenvalue weighted by atomic mass is 32.2. The van der Waals surface area contributed by atoms with Gasteiger partial charge < -0.3 is 11.1 Å². The molecule has 0 rings (SSSR count). The lowest BCUT2D eigenvalue weighted by atomic mass is 9.98. The molecule has 0 aromatic rings. The average molecular weight is 218 g/mol. The van der Waals surface area contributed by atoms with E-state index < -0.39 is 5.54 Å². The minimum Gasteiger partial charge on any atom is -0.368 e. The Labute approximate surface area is 91.2 Å². The number of thioether (sulfide) groups is 1. The largest absolute Gasteiger partial charge is 0.368 e. The number of likely N-dealkylation sites (N-methyl/N-ethyl adjacent to an activating group) is 1. The molecule has 3 N–H and O–H groups in total. The Hall–Kier alpha value is -0.220. The zero-order valence-electron chi connectivity index (χ0n) is 9.43. The van der Waals surface area contributed by atoms with Crippen molar-refractivity contribution in [1.29, 1.82) is 0 Å². The molecule has 4 heteroatoms. The molecule has 3 nitrogen and oxygen atoms in total. The summed E-state index contributed by atoms with van der Waals surface area (Å²) in [5, 5.41) is 3.15. The van der Waals surface area contributed by atoms with Crippen LogP contribution in [0.15, 0.2) is 0 Å². The van der Waals surface area contributed by atoms with Crippen molar-refractivity contribution in [3.8, 4) is 0 Å². The quantitative estimate of drug-likeness (QED) is 0.605. The molecule has 14 heavy (non-hydrogen) atoms. The van der Waals surface area contributed by atoms with Crippen molar-refractivity contribution in [2.45, 2.75) is 39.2 Å². The van der Waals surface area contributed by atoms with Gasteiger partial charge in [-0.3, -0.25) is 4.79 Å². The van der Waals surface area contributed by atoms with Crippen molar-refractivity contribution >= 4 is 17.7 Å². The zero-order valence-corrected chi connectivity index (χ0v) is 10.2. The molecule has 1 amide bonds. The molecular formula is C10H22N2OS. The third-order valence-corrected chi connectivity index (χ3v) is 3.40. The molecule has 1 atom stereocenters. The van der Waals surface area contributed by atoms with Crippen LogP contribution in [-0.2, 0) is 4.79 Å². The summed E-state index contributed by atoms with van der Waals surface area (Å²) in [7, 11) is 0. The van der Waals surface area contributed by atoms with Crippen LogP contribution in [0, 0.1) is 0 Å². The van der Waals surface area contributed by atoms with Gasteiger partial charge in [-0.1, -0.05) is 13.8 Å². The summed E-state index contributed by atoms with van der Waals surface area (Å²) >= 11 is 1.88. The molecule has 0 aromatic carbocycles. The van der Waals surface area contributed by atoms with E-state index in [2.05, 4.69) is 12.2 Å². The lowest BCUT2D eigenvalue weighted by molar-refractivity contribution is -0.123. The van der Waals surface area contributed by atoms with Gasteiger partial charge in [0.15, 0.2) is 0 Å². The van der Waals surface area contributed by atoms with Gasteiger partial charge in [0.25, 0.3) is 0 Å². The van der Waals surface area contributed by atoms with E-state index in [9.17, 15) is 4.79 Å². The van der Waals surface area contributed by atoms with Gasteiger partial charge in [0, 0.05) is 0 Å². The van der Waals surface area contributed by atoms with Gasteiger partial charge in [0.1, 0.15) is 0 Å². The van der Waals surface area contributed by atoms with Gasteiger partial charge in [-0.05, 0) is 37.8 Å². The molecule has 0 radical (unpaired) electrons. The second-order valence-electron chi connectivity index (χ2n) is 3.59. The molecule has 0 bridgehead atoms. The van der Waals surface area contributed by atoms with Crippen LogP contribution >= 0.6 is 11.8 Å². The smallest absolute Gasteiger partial charge is 0.237 e. The molecule has 0 aliphatic heterocycles. The normalized spacial score (nSPS) is 15.1. The van der Waals surface area contributed by atoms with Crippen LogP contribution in [0.5, 0.6) is 0 Å². The predicted molar refractivity (Wildman–Crippen MR) is 63.5 cm³/mol. The molecule has 84 valence electrons. The van der Waals surface area contributed by atoms with Crippen LogP contribution in [-0.4, -0.2) is 29.5 Å². The van der Waals surface area contributed by atoms with E-state index in [1.165, 1.54) is 6.42 Å². The Morgan fingerprint density at radius 3 is 2.50 bits per heavy atom. The summed E-state index contributed by atoms with van der Waals surface area (Å²) in [4.78, 5) is 11.2. The van der Waals surface area contributed by atoms with Gasteiger partial charge >= 0.3 is 0 Å². The lowest BCUT2D eigenvalue weighted by Gasteiger charge is -2.26. The molecule has 0 spiro atoms.